The molecule has 2 aromatic heterocycles. The number of anilines is 1. The SMILES string of the molecule is Cc1noc(C)c1-c1ccc2c(c1)nc(C1CCC(=O)N1c1cccc3ccccc13)n2C1CCN(S(C)(=O)=O)C1. The van der Waals surface area contributed by atoms with E-state index in [1.165, 1.54) is 10.6 Å². The van der Waals surface area contributed by atoms with E-state index in [2.05, 4.69) is 27.9 Å². The Labute approximate surface area is 238 Å². The largest absolute Gasteiger partial charge is 0.361 e. The summed E-state index contributed by atoms with van der Waals surface area (Å²) < 4.78 is 34.0. The number of benzene rings is 3. The smallest absolute Gasteiger partial charge is 0.227 e. The van der Waals surface area contributed by atoms with E-state index in [0.29, 0.717) is 32.4 Å². The molecule has 3 aromatic carbocycles. The Morgan fingerprint density at radius 3 is 2.56 bits per heavy atom. The Balaban J connectivity index is 1.41. The van der Waals surface area contributed by atoms with Crippen LogP contribution in [0.2, 0.25) is 0 Å². The van der Waals surface area contributed by atoms with E-state index in [-0.39, 0.29) is 18.0 Å². The molecule has 1 amide bonds. The van der Waals surface area contributed by atoms with Gasteiger partial charge in [0.2, 0.25) is 15.9 Å². The summed E-state index contributed by atoms with van der Waals surface area (Å²) in [5, 5.41) is 6.21. The zero-order chi connectivity index (χ0) is 28.5. The zero-order valence-corrected chi connectivity index (χ0v) is 24.1. The van der Waals surface area contributed by atoms with Crippen LogP contribution in [0.1, 0.15) is 48.6 Å². The summed E-state index contributed by atoms with van der Waals surface area (Å²) >= 11 is 0. The van der Waals surface area contributed by atoms with Gasteiger partial charge in [-0.15, -0.1) is 0 Å². The number of sulfonamides is 1. The van der Waals surface area contributed by atoms with Gasteiger partial charge >= 0.3 is 0 Å². The minimum atomic E-state index is -3.33. The quantitative estimate of drug-likeness (QED) is 0.276. The summed E-state index contributed by atoms with van der Waals surface area (Å²) in [5.74, 6) is 1.59. The van der Waals surface area contributed by atoms with Gasteiger partial charge < -0.3 is 14.0 Å². The highest BCUT2D eigenvalue weighted by Crippen LogP contribution is 2.43. The molecule has 7 rings (SSSR count). The zero-order valence-electron chi connectivity index (χ0n) is 23.2. The van der Waals surface area contributed by atoms with E-state index in [9.17, 15) is 13.2 Å². The van der Waals surface area contributed by atoms with Crippen LogP contribution in [0.25, 0.3) is 32.9 Å². The van der Waals surface area contributed by atoms with Crippen LogP contribution in [0, 0.1) is 13.8 Å². The van der Waals surface area contributed by atoms with E-state index in [0.717, 1.165) is 55.9 Å². The molecule has 0 radical (unpaired) electrons. The molecular formula is C31H31N5O4S. The number of rotatable bonds is 5. The first-order valence-electron chi connectivity index (χ1n) is 13.9. The molecule has 2 fully saturated rings. The number of aromatic nitrogens is 3. The van der Waals surface area contributed by atoms with E-state index < -0.39 is 10.0 Å². The van der Waals surface area contributed by atoms with Crippen LogP contribution in [0.5, 0.6) is 0 Å². The fraction of sp³-hybridized carbons (Fsp3) is 0.323. The second kappa shape index (κ2) is 9.53. The predicted octanol–water partition coefficient (Wildman–Crippen LogP) is 5.54. The van der Waals surface area contributed by atoms with E-state index in [1.807, 2.05) is 61.2 Å². The minimum Gasteiger partial charge on any atom is -0.361 e. The normalized spacial score (nSPS) is 20.2. The van der Waals surface area contributed by atoms with Crippen LogP contribution in [0.15, 0.2) is 65.2 Å². The lowest BCUT2D eigenvalue weighted by Crippen LogP contribution is -2.31. The summed E-state index contributed by atoms with van der Waals surface area (Å²) in [5.41, 5.74) is 5.31. The molecule has 2 unspecified atom stereocenters. The van der Waals surface area contributed by atoms with Crippen LogP contribution in [-0.2, 0) is 14.8 Å². The second-order valence-electron chi connectivity index (χ2n) is 11.1. The topological polar surface area (TPSA) is 102 Å². The summed E-state index contributed by atoms with van der Waals surface area (Å²) in [6.07, 6.45) is 2.98. The van der Waals surface area contributed by atoms with Gasteiger partial charge in [0.25, 0.3) is 0 Å². The van der Waals surface area contributed by atoms with Crippen LogP contribution < -0.4 is 4.90 Å². The Hall–Kier alpha value is -4.02. The number of hydrogen-bond donors (Lipinski definition) is 0. The number of amides is 1. The molecule has 0 spiro atoms. The van der Waals surface area contributed by atoms with Crippen molar-refractivity contribution in [3.63, 3.8) is 0 Å². The van der Waals surface area contributed by atoms with Gasteiger partial charge in [-0.1, -0.05) is 47.6 Å². The predicted molar refractivity (Wildman–Crippen MR) is 158 cm³/mol. The molecular weight excluding hydrogens is 538 g/mol. The van der Waals surface area contributed by atoms with Crippen LogP contribution in [0.4, 0.5) is 5.69 Å². The van der Waals surface area contributed by atoms with E-state index in [1.54, 1.807) is 0 Å². The van der Waals surface area contributed by atoms with Crippen molar-refractivity contribution in [3.05, 3.63) is 77.9 Å². The molecule has 5 aromatic rings. The molecule has 0 bridgehead atoms. The average Bonchev–Trinajstić information content (AvgIpc) is 3.73. The molecule has 2 aliphatic heterocycles. The Bertz CT molecular complexity index is 1920. The molecule has 41 heavy (non-hydrogen) atoms. The number of carbonyl (C=O) groups is 1. The number of nitrogens with zero attached hydrogens (tertiary/aromatic N) is 5. The van der Waals surface area contributed by atoms with Crippen LogP contribution in [-0.4, -0.2) is 52.7 Å². The van der Waals surface area contributed by atoms with Crippen molar-refractivity contribution in [1.82, 2.24) is 19.0 Å². The lowest BCUT2D eigenvalue weighted by molar-refractivity contribution is -0.117. The maximum absolute atomic E-state index is 13.5. The molecule has 2 aliphatic rings. The maximum Gasteiger partial charge on any atom is 0.227 e. The molecule has 4 heterocycles. The van der Waals surface area contributed by atoms with Crippen LogP contribution >= 0.6 is 0 Å². The summed E-state index contributed by atoms with van der Waals surface area (Å²) in [6.45, 7) is 4.65. The van der Waals surface area contributed by atoms with Crippen molar-refractivity contribution < 1.29 is 17.7 Å². The van der Waals surface area contributed by atoms with E-state index in [4.69, 9.17) is 9.51 Å². The van der Waals surface area contributed by atoms with Crippen LogP contribution in [0.3, 0.4) is 0 Å². The molecule has 10 heteroatoms. The van der Waals surface area contributed by atoms with Gasteiger partial charge in [0.15, 0.2) is 0 Å². The highest BCUT2D eigenvalue weighted by molar-refractivity contribution is 7.88. The van der Waals surface area contributed by atoms with Gasteiger partial charge in [-0.25, -0.2) is 17.7 Å². The van der Waals surface area contributed by atoms with E-state index >= 15 is 0 Å². The standard InChI is InChI=1S/C31H31N5O4S/c1-19-30(20(2)40-33-19)22-11-12-27-25(17-22)32-31(35(27)23-15-16-34(18-23)41(3,38)39)28-13-14-29(37)36(28)26-10-6-8-21-7-4-5-9-24(21)26/h4-12,17,23,28H,13-16,18H2,1-3H3. The van der Waals surface area contributed by atoms with Crippen molar-refractivity contribution in [1.29, 1.82) is 0 Å². The molecule has 9 nitrogen and oxygen atoms in total. The number of carbonyl (C=O) groups excluding carboxylic acids is 1. The molecule has 2 atom stereocenters. The van der Waals surface area contributed by atoms with Gasteiger partial charge in [-0.3, -0.25) is 4.79 Å². The first-order valence-corrected chi connectivity index (χ1v) is 15.8. The van der Waals surface area contributed by atoms with Crippen molar-refractivity contribution in [2.45, 2.75) is 45.2 Å². The average molecular weight is 570 g/mol. The second-order valence-corrected chi connectivity index (χ2v) is 13.1. The summed E-state index contributed by atoms with van der Waals surface area (Å²) in [6, 6.07) is 19.9. The number of imidazole rings is 1. The summed E-state index contributed by atoms with van der Waals surface area (Å²) in [4.78, 5) is 20.6. The lowest BCUT2D eigenvalue weighted by Gasteiger charge is -2.28. The van der Waals surface area contributed by atoms with Gasteiger partial charge in [0.05, 0.1) is 40.8 Å². The fourth-order valence-electron chi connectivity index (χ4n) is 6.66. The molecule has 0 aliphatic carbocycles. The first-order chi connectivity index (χ1) is 19.7. The van der Waals surface area contributed by atoms with Crippen molar-refractivity contribution >= 4 is 43.4 Å². The minimum absolute atomic E-state index is 0.0607. The molecule has 210 valence electrons. The first kappa shape index (κ1) is 25.9. The Kier molecular flexibility index (Phi) is 6.02. The number of hydrogen-bond acceptors (Lipinski definition) is 6. The van der Waals surface area contributed by atoms with Gasteiger partial charge in [0.1, 0.15) is 11.6 Å². The molecule has 2 saturated heterocycles. The van der Waals surface area contributed by atoms with Gasteiger partial charge in [0, 0.05) is 30.5 Å². The highest BCUT2D eigenvalue weighted by Gasteiger charge is 2.40. The molecule has 0 N–H and O–H groups in total. The third-order valence-electron chi connectivity index (χ3n) is 8.54. The Morgan fingerprint density at radius 2 is 1.80 bits per heavy atom. The van der Waals surface area contributed by atoms with Gasteiger partial charge in [-0.05, 0) is 55.8 Å². The van der Waals surface area contributed by atoms with Gasteiger partial charge in [-0.2, -0.15) is 0 Å². The third-order valence-corrected chi connectivity index (χ3v) is 9.80. The van der Waals surface area contributed by atoms with Crippen molar-refractivity contribution in [2.24, 2.45) is 0 Å². The summed E-state index contributed by atoms with van der Waals surface area (Å²) in [7, 11) is -3.33. The third kappa shape index (κ3) is 4.24. The fourth-order valence-corrected chi connectivity index (χ4v) is 7.54. The molecule has 0 saturated carbocycles. The lowest BCUT2D eigenvalue weighted by atomic mass is 10.0. The van der Waals surface area contributed by atoms with Crippen molar-refractivity contribution in [2.75, 3.05) is 24.2 Å². The highest BCUT2D eigenvalue weighted by atomic mass is 32.2. The number of aryl methyl sites for hydroxylation is 2. The maximum atomic E-state index is 13.5. The Morgan fingerprint density at radius 1 is 1.00 bits per heavy atom. The number of fused-ring (bicyclic) bond motifs is 2. The van der Waals surface area contributed by atoms with Crippen molar-refractivity contribution in [3.8, 4) is 11.1 Å². The monoisotopic (exact) mass is 569 g/mol.